The first-order valence-corrected chi connectivity index (χ1v) is 9.52. The summed E-state index contributed by atoms with van der Waals surface area (Å²) in [4.78, 5) is 9.50. The van der Waals surface area contributed by atoms with Gasteiger partial charge in [0.2, 0.25) is 0 Å². The van der Waals surface area contributed by atoms with Crippen LogP contribution in [0, 0.1) is 0 Å². The molecule has 0 fully saturated rings. The van der Waals surface area contributed by atoms with Crippen LogP contribution in [0.2, 0.25) is 0 Å². The summed E-state index contributed by atoms with van der Waals surface area (Å²) in [6.45, 7) is 0. The number of hydrogen-bond acceptors (Lipinski definition) is 5. The number of nitrogens with two attached hydrogens (primary N) is 1. The van der Waals surface area contributed by atoms with Crippen molar-refractivity contribution >= 4 is 48.8 Å². The summed E-state index contributed by atoms with van der Waals surface area (Å²) in [6, 6.07) is 22.5. The maximum atomic E-state index is 5.77. The molecule has 120 valence electrons. The van der Waals surface area contributed by atoms with Crippen LogP contribution in [0.4, 0.5) is 5.69 Å². The lowest BCUT2D eigenvalue weighted by molar-refractivity contribution is 1.46. The largest absolute Gasteiger partial charge is 0.399 e. The Hall–Kier alpha value is -2.76. The van der Waals surface area contributed by atoms with Crippen molar-refractivity contribution in [2.75, 3.05) is 5.73 Å². The average Bonchev–Trinajstić information content (AvgIpc) is 3.25. The van der Waals surface area contributed by atoms with Crippen LogP contribution in [-0.4, -0.2) is 9.97 Å². The van der Waals surface area contributed by atoms with E-state index < -0.39 is 0 Å². The Bertz CT molecular complexity index is 1170. The van der Waals surface area contributed by atoms with E-state index in [-0.39, 0.29) is 0 Å². The second-order valence-corrected chi connectivity index (χ2v) is 7.87. The Morgan fingerprint density at radius 1 is 0.640 bits per heavy atom. The Morgan fingerprint density at radius 3 is 2.08 bits per heavy atom. The third-order valence-electron chi connectivity index (χ3n) is 4.09. The summed E-state index contributed by atoms with van der Waals surface area (Å²) >= 11 is 3.42. The van der Waals surface area contributed by atoms with E-state index in [9.17, 15) is 0 Å². The zero-order chi connectivity index (χ0) is 16.8. The molecule has 2 heterocycles. The monoisotopic (exact) mass is 359 g/mol. The van der Waals surface area contributed by atoms with Crippen LogP contribution in [0.5, 0.6) is 0 Å². The molecule has 2 N–H and O–H groups in total. The minimum atomic E-state index is 0.767. The summed E-state index contributed by atoms with van der Waals surface area (Å²) in [7, 11) is 0. The maximum absolute atomic E-state index is 5.77. The van der Waals surface area contributed by atoms with Crippen molar-refractivity contribution in [3.05, 3.63) is 66.7 Å². The molecule has 0 saturated heterocycles. The molecule has 5 aromatic rings. The zero-order valence-corrected chi connectivity index (χ0v) is 14.8. The van der Waals surface area contributed by atoms with Crippen LogP contribution < -0.4 is 5.73 Å². The molecule has 0 amide bonds. The van der Waals surface area contributed by atoms with Crippen molar-refractivity contribution in [2.45, 2.75) is 0 Å². The number of benzene rings is 3. The Morgan fingerprint density at radius 2 is 1.28 bits per heavy atom. The maximum Gasteiger partial charge on any atom is 0.124 e. The Labute approximate surface area is 152 Å². The lowest BCUT2D eigenvalue weighted by Crippen LogP contribution is -1.83. The molecule has 25 heavy (non-hydrogen) atoms. The van der Waals surface area contributed by atoms with E-state index in [1.54, 1.807) is 22.7 Å². The van der Waals surface area contributed by atoms with Crippen molar-refractivity contribution in [1.82, 2.24) is 9.97 Å². The molecule has 0 aliphatic carbocycles. The third-order valence-corrected chi connectivity index (χ3v) is 6.24. The summed E-state index contributed by atoms with van der Waals surface area (Å²) in [6.07, 6.45) is 0. The highest BCUT2D eigenvalue weighted by molar-refractivity contribution is 7.22. The van der Waals surface area contributed by atoms with Gasteiger partial charge in [0.15, 0.2) is 0 Å². The van der Waals surface area contributed by atoms with E-state index in [0.717, 1.165) is 37.9 Å². The van der Waals surface area contributed by atoms with Crippen LogP contribution in [0.15, 0.2) is 66.7 Å². The highest BCUT2D eigenvalue weighted by Crippen LogP contribution is 2.35. The fourth-order valence-electron chi connectivity index (χ4n) is 2.80. The second kappa shape index (κ2) is 5.65. The van der Waals surface area contributed by atoms with E-state index in [4.69, 9.17) is 15.7 Å². The molecule has 0 spiro atoms. The fourth-order valence-corrected chi connectivity index (χ4v) is 4.77. The molecule has 3 nitrogen and oxygen atoms in total. The van der Waals surface area contributed by atoms with Gasteiger partial charge < -0.3 is 5.73 Å². The van der Waals surface area contributed by atoms with Crippen molar-refractivity contribution in [1.29, 1.82) is 0 Å². The van der Waals surface area contributed by atoms with Gasteiger partial charge in [-0.3, -0.25) is 0 Å². The molecule has 0 atom stereocenters. The normalized spacial score (nSPS) is 11.4. The van der Waals surface area contributed by atoms with Crippen LogP contribution in [0.1, 0.15) is 0 Å². The summed E-state index contributed by atoms with van der Waals surface area (Å²) in [5, 5.41) is 2.06. The number of thiazole rings is 2. The van der Waals surface area contributed by atoms with Gasteiger partial charge in [-0.05, 0) is 54.6 Å². The van der Waals surface area contributed by atoms with Gasteiger partial charge in [-0.2, -0.15) is 0 Å². The van der Waals surface area contributed by atoms with Crippen LogP contribution >= 0.6 is 22.7 Å². The van der Waals surface area contributed by atoms with E-state index >= 15 is 0 Å². The van der Waals surface area contributed by atoms with Gasteiger partial charge in [-0.1, -0.05) is 12.1 Å². The minimum absolute atomic E-state index is 0.767. The highest BCUT2D eigenvalue weighted by Gasteiger charge is 2.10. The highest BCUT2D eigenvalue weighted by atomic mass is 32.1. The van der Waals surface area contributed by atoms with E-state index in [0.29, 0.717) is 0 Å². The van der Waals surface area contributed by atoms with Crippen molar-refractivity contribution in [3.8, 4) is 21.1 Å². The van der Waals surface area contributed by atoms with E-state index in [1.165, 1.54) is 9.40 Å². The van der Waals surface area contributed by atoms with Gasteiger partial charge in [-0.25, -0.2) is 9.97 Å². The first kappa shape index (κ1) is 14.6. The number of para-hydroxylation sites is 1. The molecule has 0 bridgehead atoms. The van der Waals surface area contributed by atoms with Gasteiger partial charge in [-0.15, -0.1) is 22.7 Å². The van der Waals surface area contributed by atoms with Crippen molar-refractivity contribution in [3.63, 3.8) is 0 Å². The fraction of sp³-hybridized carbons (Fsp3) is 0. The molecule has 0 unspecified atom stereocenters. The average molecular weight is 359 g/mol. The molecule has 3 aromatic carbocycles. The van der Waals surface area contributed by atoms with E-state index in [2.05, 4.69) is 36.4 Å². The van der Waals surface area contributed by atoms with Gasteiger partial charge in [0, 0.05) is 16.8 Å². The lowest BCUT2D eigenvalue weighted by atomic mass is 10.2. The number of nitrogen functional groups attached to an aromatic ring is 1. The van der Waals surface area contributed by atoms with E-state index in [1.807, 2.05) is 30.3 Å². The van der Waals surface area contributed by atoms with Crippen LogP contribution in [0.25, 0.3) is 41.6 Å². The molecule has 5 rings (SSSR count). The van der Waals surface area contributed by atoms with Crippen molar-refractivity contribution < 1.29 is 0 Å². The zero-order valence-electron chi connectivity index (χ0n) is 13.1. The molecule has 0 aliphatic rings. The lowest BCUT2D eigenvalue weighted by Gasteiger charge is -1.95. The molecular formula is C20H13N3S2. The number of rotatable bonds is 2. The smallest absolute Gasteiger partial charge is 0.124 e. The SMILES string of the molecule is Nc1ccc(-c2nc3ccc(-c4nc5ccccc5s4)cc3s2)cc1. The minimum Gasteiger partial charge on any atom is -0.399 e. The summed E-state index contributed by atoms with van der Waals surface area (Å²) < 4.78 is 2.38. The topological polar surface area (TPSA) is 51.8 Å². The third kappa shape index (κ3) is 2.58. The summed E-state index contributed by atoms with van der Waals surface area (Å²) in [5.41, 5.74) is 10.8. The Balaban J connectivity index is 1.60. The first-order valence-electron chi connectivity index (χ1n) is 7.89. The second-order valence-electron chi connectivity index (χ2n) is 5.81. The Kier molecular flexibility index (Phi) is 3.29. The number of anilines is 1. The molecular weight excluding hydrogens is 346 g/mol. The predicted molar refractivity (Wildman–Crippen MR) is 108 cm³/mol. The van der Waals surface area contributed by atoms with Gasteiger partial charge in [0.1, 0.15) is 10.0 Å². The predicted octanol–water partition coefficient (Wildman–Crippen LogP) is 5.82. The number of nitrogens with zero attached hydrogens (tertiary/aromatic N) is 2. The molecule has 0 saturated carbocycles. The first-order chi connectivity index (χ1) is 12.3. The molecule has 0 radical (unpaired) electrons. The quantitative estimate of drug-likeness (QED) is 0.404. The molecule has 2 aromatic heterocycles. The number of fused-ring (bicyclic) bond motifs is 2. The molecule has 5 heteroatoms. The van der Waals surface area contributed by atoms with Crippen LogP contribution in [0.3, 0.4) is 0 Å². The van der Waals surface area contributed by atoms with Gasteiger partial charge in [0.05, 0.1) is 20.4 Å². The number of hydrogen-bond donors (Lipinski definition) is 1. The molecule has 0 aliphatic heterocycles. The summed E-state index contributed by atoms with van der Waals surface area (Å²) in [5.74, 6) is 0. The van der Waals surface area contributed by atoms with Gasteiger partial charge >= 0.3 is 0 Å². The van der Waals surface area contributed by atoms with Gasteiger partial charge in [0.25, 0.3) is 0 Å². The van der Waals surface area contributed by atoms with Crippen LogP contribution in [-0.2, 0) is 0 Å². The standard InChI is InChI=1S/C20H13N3S2/c21-14-8-5-12(6-9-14)19-23-16-10-7-13(11-18(16)25-19)20-22-15-3-1-2-4-17(15)24-20/h1-11H,21H2. The number of aromatic nitrogens is 2. The van der Waals surface area contributed by atoms with Crippen molar-refractivity contribution in [2.24, 2.45) is 0 Å².